The van der Waals surface area contributed by atoms with Crippen LogP contribution >= 0.6 is 22.7 Å². The highest BCUT2D eigenvalue weighted by Gasteiger charge is 2.08. The lowest BCUT2D eigenvalue weighted by atomic mass is 10.1. The SMILES string of the molecule is O=C(C=Cc1cccs1)c1cccc(NC(=O)c2cccs2)c1. The van der Waals surface area contributed by atoms with E-state index in [4.69, 9.17) is 0 Å². The average Bonchev–Trinajstić information content (AvgIpc) is 3.26. The molecule has 0 fully saturated rings. The number of allylic oxidation sites excluding steroid dienone is 1. The first kappa shape index (κ1) is 15.4. The van der Waals surface area contributed by atoms with Gasteiger partial charge in [0.2, 0.25) is 0 Å². The van der Waals surface area contributed by atoms with E-state index in [1.165, 1.54) is 11.3 Å². The molecule has 1 amide bonds. The van der Waals surface area contributed by atoms with E-state index in [1.807, 2.05) is 29.0 Å². The van der Waals surface area contributed by atoms with Crippen molar-refractivity contribution >= 4 is 46.1 Å². The van der Waals surface area contributed by atoms with Crippen molar-refractivity contribution in [3.63, 3.8) is 0 Å². The second-order valence-corrected chi connectivity index (χ2v) is 6.65. The van der Waals surface area contributed by atoms with Gasteiger partial charge >= 0.3 is 0 Å². The molecule has 2 heterocycles. The fourth-order valence-corrected chi connectivity index (χ4v) is 3.23. The second-order valence-electron chi connectivity index (χ2n) is 4.73. The van der Waals surface area contributed by atoms with Crippen LogP contribution in [0.1, 0.15) is 24.9 Å². The van der Waals surface area contributed by atoms with E-state index in [0.29, 0.717) is 16.1 Å². The summed E-state index contributed by atoms with van der Waals surface area (Å²) in [7, 11) is 0. The molecule has 114 valence electrons. The van der Waals surface area contributed by atoms with Crippen molar-refractivity contribution in [2.75, 3.05) is 5.32 Å². The third kappa shape index (κ3) is 4.03. The van der Waals surface area contributed by atoms with E-state index in [9.17, 15) is 9.59 Å². The van der Waals surface area contributed by atoms with E-state index >= 15 is 0 Å². The van der Waals surface area contributed by atoms with Gasteiger partial charge in [0, 0.05) is 16.1 Å². The maximum absolute atomic E-state index is 12.2. The van der Waals surface area contributed by atoms with Crippen molar-refractivity contribution in [1.82, 2.24) is 0 Å². The van der Waals surface area contributed by atoms with Crippen LogP contribution in [0, 0.1) is 0 Å². The van der Waals surface area contributed by atoms with Gasteiger partial charge in [-0.25, -0.2) is 0 Å². The Morgan fingerprint density at radius 1 is 0.957 bits per heavy atom. The van der Waals surface area contributed by atoms with Crippen molar-refractivity contribution < 1.29 is 9.59 Å². The lowest BCUT2D eigenvalue weighted by molar-refractivity contribution is 0.102. The Labute approximate surface area is 141 Å². The second kappa shape index (κ2) is 7.17. The van der Waals surface area contributed by atoms with Crippen LogP contribution in [0.5, 0.6) is 0 Å². The van der Waals surface area contributed by atoms with Gasteiger partial charge in [-0.2, -0.15) is 0 Å². The normalized spacial score (nSPS) is 10.8. The Balaban J connectivity index is 1.72. The monoisotopic (exact) mass is 339 g/mol. The predicted octanol–water partition coefficient (Wildman–Crippen LogP) is 4.96. The van der Waals surface area contributed by atoms with Crippen LogP contribution in [-0.2, 0) is 0 Å². The minimum Gasteiger partial charge on any atom is -0.321 e. The Bertz CT molecular complexity index is 834. The first-order valence-electron chi connectivity index (χ1n) is 6.93. The fraction of sp³-hybridized carbons (Fsp3) is 0. The molecule has 1 aromatic carbocycles. The van der Waals surface area contributed by atoms with Gasteiger partial charge in [0.05, 0.1) is 4.88 Å². The van der Waals surface area contributed by atoms with Gasteiger partial charge in [0.25, 0.3) is 5.91 Å². The molecule has 0 saturated heterocycles. The molecule has 0 radical (unpaired) electrons. The average molecular weight is 339 g/mol. The molecule has 0 aliphatic carbocycles. The number of benzene rings is 1. The molecule has 0 unspecified atom stereocenters. The molecule has 0 spiro atoms. The molecule has 0 aliphatic heterocycles. The highest BCUT2D eigenvalue weighted by atomic mass is 32.1. The number of anilines is 1. The summed E-state index contributed by atoms with van der Waals surface area (Å²) in [5, 5.41) is 6.62. The summed E-state index contributed by atoms with van der Waals surface area (Å²) in [6, 6.07) is 14.4. The number of thiophene rings is 2. The first-order chi connectivity index (χ1) is 11.2. The lowest BCUT2D eigenvalue weighted by Gasteiger charge is -2.05. The van der Waals surface area contributed by atoms with E-state index < -0.39 is 0 Å². The minimum absolute atomic E-state index is 0.0920. The summed E-state index contributed by atoms with van der Waals surface area (Å²) in [6.07, 6.45) is 3.34. The molecular weight excluding hydrogens is 326 g/mol. The maximum atomic E-state index is 12.2. The summed E-state index contributed by atoms with van der Waals surface area (Å²) >= 11 is 2.95. The molecule has 23 heavy (non-hydrogen) atoms. The lowest BCUT2D eigenvalue weighted by Crippen LogP contribution is -2.10. The van der Waals surface area contributed by atoms with Crippen molar-refractivity contribution in [3.8, 4) is 0 Å². The standard InChI is InChI=1S/C18H13NO2S2/c20-16(9-8-15-6-2-10-22-15)13-4-1-5-14(12-13)19-18(21)17-7-3-11-23-17/h1-12H,(H,19,21). The molecule has 3 aromatic rings. The number of ketones is 1. The van der Waals surface area contributed by atoms with Gasteiger partial charge in [0.1, 0.15) is 0 Å². The Hall–Kier alpha value is -2.50. The third-order valence-electron chi connectivity index (χ3n) is 3.09. The molecule has 3 nitrogen and oxygen atoms in total. The Kier molecular flexibility index (Phi) is 4.80. The number of carbonyl (C=O) groups excluding carboxylic acids is 2. The highest BCUT2D eigenvalue weighted by Crippen LogP contribution is 2.16. The highest BCUT2D eigenvalue weighted by molar-refractivity contribution is 7.12. The number of amides is 1. The molecule has 5 heteroatoms. The van der Waals surface area contributed by atoms with Crippen LogP contribution in [0.2, 0.25) is 0 Å². The van der Waals surface area contributed by atoms with Gasteiger partial charge < -0.3 is 5.32 Å². The third-order valence-corrected chi connectivity index (χ3v) is 4.80. The van der Waals surface area contributed by atoms with Gasteiger partial charge in [0.15, 0.2) is 5.78 Å². The summed E-state index contributed by atoms with van der Waals surface area (Å²) < 4.78 is 0. The largest absolute Gasteiger partial charge is 0.321 e. The topological polar surface area (TPSA) is 46.2 Å². The number of carbonyl (C=O) groups is 2. The zero-order valence-corrected chi connectivity index (χ0v) is 13.7. The van der Waals surface area contributed by atoms with Crippen molar-refractivity contribution in [3.05, 3.63) is 80.7 Å². The van der Waals surface area contributed by atoms with Crippen molar-refractivity contribution in [1.29, 1.82) is 0 Å². The molecule has 0 atom stereocenters. The smallest absolute Gasteiger partial charge is 0.265 e. The van der Waals surface area contributed by atoms with E-state index in [0.717, 1.165) is 4.88 Å². The Morgan fingerprint density at radius 2 is 1.78 bits per heavy atom. The molecule has 0 bridgehead atoms. The summed E-state index contributed by atoms with van der Waals surface area (Å²) in [5.74, 6) is -0.260. The van der Waals surface area contributed by atoms with Gasteiger partial charge in [-0.15, -0.1) is 22.7 Å². The van der Waals surface area contributed by atoms with Crippen LogP contribution in [0.25, 0.3) is 6.08 Å². The summed E-state index contributed by atoms with van der Waals surface area (Å²) in [6.45, 7) is 0. The number of hydrogen-bond acceptors (Lipinski definition) is 4. The summed E-state index contributed by atoms with van der Waals surface area (Å²) in [5.41, 5.74) is 1.15. The maximum Gasteiger partial charge on any atom is 0.265 e. The van der Waals surface area contributed by atoms with Gasteiger partial charge in [-0.05, 0) is 47.2 Å². The quantitative estimate of drug-likeness (QED) is 0.527. The van der Waals surface area contributed by atoms with Crippen LogP contribution in [0.3, 0.4) is 0 Å². The van der Waals surface area contributed by atoms with E-state index in [1.54, 1.807) is 53.8 Å². The molecule has 0 aliphatic rings. The van der Waals surface area contributed by atoms with Crippen LogP contribution in [0.15, 0.2) is 65.4 Å². The molecule has 0 saturated carbocycles. The first-order valence-corrected chi connectivity index (χ1v) is 8.69. The Morgan fingerprint density at radius 3 is 2.52 bits per heavy atom. The molecule has 2 aromatic heterocycles. The zero-order chi connectivity index (χ0) is 16.1. The van der Waals surface area contributed by atoms with Crippen LogP contribution in [0.4, 0.5) is 5.69 Å². The number of nitrogens with one attached hydrogen (secondary N) is 1. The van der Waals surface area contributed by atoms with E-state index in [-0.39, 0.29) is 11.7 Å². The van der Waals surface area contributed by atoms with Gasteiger partial charge in [-0.1, -0.05) is 24.3 Å². The molecule has 3 rings (SSSR count). The van der Waals surface area contributed by atoms with Crippen molar-refractivity contribution in [2.45, 2.75) is 0 Å². The fourth-order valence-electron chi connectivity index (χ4n) is 1.99. The minimum atomic E-state index is -0.168. The van der Waals surface area contributed by atoms with Crippen LogP contribution < -0.4 is 5.32 Å². The van der Waals surface area contributed by atoms with Crippen molar-refractivity contribution in [2.24, 2.45) is 0 Å². The molecule has 1 N–H and O–H groups in total. The summed E-state index contributed by atoms with van der Waals surface area (Å²) in [4.78, 5) is 25.9. The zero-order valence-electron chi connectivity index (χ0n) is 12.1. The van der Waals surface area contributed by atoms with Gasteiger partial charge in [-0.3, -0.25) is 9.59 Å². The number of hydrogen-bond donors (Lipinski definition) is 1. The van der Waals surface area contributed by atoms with Crippen LogP contribution in [-0.4, -0.2) is 11.7 Å². The number of rotatable bonds is 5. The predicted molar refractivity (Wildman–Crippen MR) is 96.4 cm³/mol. The molecular formula is C18H13NO2S2. The van der Waals surface area contributed by atoms with E-state index in [2.05, 4.69) is 5.32 Å².